The second-order valence-corrected chi connectivity index (χ2v) is 8.79. The number of carbonyl (C=O) groups excluding carboxylic acids is 2. The minimum Gasteiger partial charge on any atom is -0.871 e. The SMILES string of the molecule is CC(C)(CCCCCc1cc([O-])c(N2CC(=O)NS2(=O)=O)c(F)c1)C(=O)[O-].[K+].[K+]. The van der Waals surface area contributed by atoms with Gasteiger partial charge in [0.25, 0.3) is 5.91 Å². The number of carboxylic acids is 1. The molecule has 1 N–H and O–H groups in total. The van der Waals surface area contributed by atoms with Crippen molar-refractivity contribution in [1.82, 2.24) is 4.72 Å². The molecule has 1 aromatic carbocycles. The van der Waals surface area contributed by atoms with Crippen LogP contribution in [0.4, 0.5) is 10.1 Å². The number of nitrogens with one attached hydrogen (secondary N) is 1. The van der Waals surface area contributed by atoms with Crippen LogP contribution in [0.2, 0.25) is 0 Å². The summed E-state index contributed by atoms with van der Waals surface area (Å²) in [5.41, 5.74) is -1.17. The first-order valence-corrected chi connectivity index (χ1v) is 9.92. The average molecular weight is 479 g/mol. The van der Waals surface area contributed by atoms with E-state index < -0.39 is 51.3 Å². The molecular formula is C17H21FK2N2O6S. The normalized spacial score (nSPS) is 15.3. The standard InChI is InChI=1S/C17H23FN2O6S.2K/c1-17(2,16(23)24)7-5-3-4-6-11-8-12(18)15(13(21)9-11)20-10-14(22)19-27(20,25)26;;/h8-9,21H,3-7,10H2,1-2H3,(H,19,22)(H,23,24);;/q;2*+1/p-2. The number of carboxylic acid groups (broad SMARTS) is 1. The van der Waals surface area contributed by atoms with Crippen molar-refractivity contribution in [3.05, 3.63) is 23.5 Å². The van der Waals surface area contributed by atoms with Gasteiger partial charge >= 0.3 is 113 Å². The number of hydrogen-bond acceptors (Lipinski definition) is 6. The predicted octanol–water partition coefficient (Wildman–Crippen LogP) is -6.03. The molecule has 0 aromatic heterocycles. The summed E-state index contributed by atoms with van der Waals surface area (Å²) in [4.78, 5) is 22.2. The van der Waals surface area contributed by atoms with E-state index in [0.29, 0.717) is 42.0 Å². The summed E-state index contributed by atoms with van der Waals surface area (Å²) < 4.78 is 40.0. The molecule has 150 valence electrons. The molecule has 0 aliphatic carbocycles. The topological polar surface area (TPSA) is 130 Å². The zero-order valence-corrected chi connectivity index (χ0v) is 24.1. The first-order valence-electron chi connectivity index (χ1n) is 8.48. The Kier molecular flexibility index (Phi) is 12.6. The van der Waals surface area contributed by atoms with Crippen LogP contribution in [-0.4, -0.2) is 26.8 Å². The third-order valence-electron chi connectivity index (χ3n) is 4.48. The first kappa shape index (κ1) is 29.9. The number of carbonyl (C=O) groups is 2. The summed E-state index contributed by atoms with van der Waals surface area (Å²) in [6.07, 6.45) is 2.79. The Bertz CT molecular complexity index is 840. The van der Waals surface area contributed by atoms with Gasteiger partial charge in [-0.15, -0.1) is 0 Å². The van der Waals surface area contributed by atoms with E-state index >= 15 is 0 Å². The van der Waals surface area contributed by atoms with Gasteiger partial charge in [0, 0.05) is 11.4 Å². The van der Waals surface area contributed by atoms with Gasteiger partial charge in [-0.1, -0.05) is 38.5 Å². The van der Waals surface area contributed by atoms with E-state index in [0.717, 1.165) is 12.1 Å². The summed E-state index contributed by atoms with van der Waals surface area (Å²) in [7, 11) is -4.25. The number of benzene rings is 1. The van der Waals surface area contributed by atoms with Crippen LogP contribution in [0.25, 0.3) is 0 Å². The molecule has 0 spiro atoms. The number of unbranched alkanes of at least 4 members (excludes halogenated alkanes) is 2. The Balaban J connectivity index is 0.00000392. The van der Waals surface area contributed by atoms with Gasteiger partial charge in [-0.2, -0.15) is 8.42 Å². The van der Waals surface area contributed by atoms with Crippen molar-refractivity contribution in [3.63, 3.8) is 0 Å². The summed E-state index contributed by atoms with van der Waals surface area (Å²) in [6, 6.07) is 2.24. The van der Waals surface area contributed by atoms with E-state index in [4.69, 9.17) is 0 Å². The molecule has 0 atom stereocenters. The fraction of sp³-hybridized carbons (Fsp3) is 0.529. The van der Waals surface area contributed by atoms with Crippen LogP contribution >= 0.6 is 0 Å². The van der Waals surface area contributed by atoms with Gasteiger partial charge in [-0.3, -0.25) is 4.79 Å². The van der Waals surface area contributed by atoms with Crippen molar-refractivity contribution < 1.29 is 135 Å². The minimum absolute atomic E-state index is 0. The van der Waals surface area contributed by atoms with E-state index in [1.807, 2.05) is 0 Å². The van der Waals surface area contributed by atoms with Crippen molar-refractivity contribution in [1.29, 1.82) is 0 Å². The summed E-state index contributed by atoms with van der Waals surface area (Å²) in [5, 5.41) is 23.1. The first-order chi connectivity index (χ1) is 12.4. The molecule has 12 heteroatoms. The maximum absolute atomic E-state index is 14.3. The van der Waals surface area contributed by atoms with Crippen molar-refractivity contribution in [2.75, 3.05) is 10.8 Å². The molecule has 0 unspecified atom stereocenters. The number of nitrogens with zero attached hydrogens (tertiary/aromatic N) is 1. The van der Waals surface area contributed by atoms with E-state index in [-0.39, 0.29) is 103 Å². The number of aliphatic carboxylic acids is 1. The molecule has 1 fully saturated rings. The molecule has 8 nitrogen and oxygen atoms in total. The average Bonchev–Trinajstić information content (AvgIpc) is 2.78. The largest absolute Gasteiger partial charge is 1.00 e. The molecule has 1 aliphatic rings. The van der Waals surface area contributed by atoms with Gasteiger partial charge in [-0.25, -0.2) is 13.4 Å². The fourth-order valence-corrected chi connectivity index (χ4v) is 4.00. The monoisotopic (exact) mass is 478 g/mol. The minimum atomic E-state index is -4.25. The number of aryl methyl sites for hydroxylation is 1. The summed E-state index contributed by atoms with van der Waals surface area (Å²) >= 11 is 0. The van der Waals surface area contributed by atoms with Crippen LogP contribution < -0.4 is 122 Å². The van der Waals surface area contributed by atoms with Gasteiger partial charge < -0.3 is 15.0 Å². The van der Waals surface area contributed by atoms with Crippen LogP contribution in [0, 0.1) is 11.2 Å². The number of hydrogen-bond donors (Lipinski definition) is 1. The van der Waals surface area contributed by atoms with Crippen LogP contribution in [0.1, 0.15) is 45.1 Å². The zero-order valence-electron chi connectivity index (χ0n) is 17.1. The molecule has 1 saturated heterocycles. The summed E-state index contributed by atoms with van der Waals surface area (Å²) in [5.74, 6) is -3.77. The molecule has 2 rings (SSSR count). The van der Waals surface area contributed by atoms with E-state index in [2.05, 4.69) is 0 Å². The number of rotatable bonds is 8. The van der Waals surface area contributed by atoms with E-state index in [1.165, 1.54) is 0 Å². The molecule has 1 aliphatic heterocycles. The molecule has 1 amide bonds. The Morgan fingerprint density at radius 1 is 1.24 bits per heavy atom. The Hall–Kier alpha value is 0.913. The van der Waals surface area contributed by atoms with Crippen LogP contribution in [0.3, 0.4) is 0 Å². The van der Waals surface area contributed by atoms with Gasteiger partial charge in [-0.05, 0) is 30.9 Å². The molecule has 29 heavy (non-hydrogen) atoms. The molecular weight excluding hydrogens is 457 g/mol. The van der Waals surface area contributed by atoms with E-state index in [1.54, 1.807) is 18.6 Å². The molecule has 0 saturated carbocycles. The van der Waals surface area contributed by atoms with Crippen molar-refractivity contribution in [2.45, 2.75) is 46.0 Å². The maximum atomic E-state index is 14.3. The zero-order chi connectivity index (χ0) is 20.4. The second kappa shape index (κ2) is 12.2. The van der Waals surface area contributed by atoms with Gasteiger partial charge in [0.05, 0.1) is 5.69 Å². The van der Waals surface area contributed by atoms with Crippen molar-refractivity contribution in [2.24, 2.45) is 5.41 Å². The van der Waals surface area contributed by atoms with Crippen molar-refractivity contribution in [3.8, 4) is 5.75 Å². The number of amides is 1. The maximum Gasteiger partial charge on any atom is 1.00 e. The predicted molar refractivity (Wildman–Crippen MR) is 91.2 cm³/mol. The smallest absolute Gasteiger partial charge is 0.871 e. The molecule has 0 radical (unpaired) electrons. The summed E-state index contributed by atoms with van der Waals surface area (Å²) in [6.45, 7) is 2.54. The van der Waals surface area contributed by atoms with Crippen molar-refractivity contribution >= 4 is 27.8 Å². The number of halogens is 1. The van der Waals surface area contributed by atoms with Gasteiger partial charge in [0.1, 0.15) is 12.4 Å². The molecule has 1 aromatic rings. The van der Waals surface area contributed by atoms with Gasteiger partial charge in [0.15, 0.2) is 0 Å². The quantitative estimate of drug-likeness (QED) is 0.292. The third-order valence-corrected chi connectivity index (χ3v) is 5.86. The number of anilines is 1. The molecule has 1 heterocycles. The van der Waals surface area contributed by atoms with E-state index in [9.17, 15) is 32.6 Å². The van der Waals surface area contributed by atoms with Crippen LogP contribution in [0.5, 0.6) is 5.75 Å². The Morgan fingerprint density at radius 2 is 1.86 bits per heavy atom. The second-order valence-electron chi connectivity index (χ2n) is 7.19. The third kappa shape index (κ3) is 8.08. The van der Waals surface area contributed by atoms with Crippen LogP contribution in [-0.2, 0) is 26.2 Å². The fourth-order valence-electron chi connectivity index (χ4n) is 2.83. The Labute approximate surface area is 255 Å². The van der Waals surface area contributed by atoms with Crippen LogP contribution in [0.15, 0.2) is 12.1 Å². The van der Waals surface area contributed by atoms with Gasteiger partial charge in [0.2, 0.25) is 0 Å². The molecule has 0 bridgehead atoms. The Morgan fingerprint density at radius 3 is 2.34 bits per heavy atom.